The molecule has 0 amide bonds. The highest BCUT2D eigenvalue weighted by Crippen LogP contribution is 2.18. The number of aromatic amines is 1. The normalized spacial score (nSPS) is 12.1. The highest BCUT2D eigenvalue weighted by atomic mass is 19.4. The van der Waals surface area contributed by atoms with Gasteiger partial charge in [-0.2, -0.15) is 13.2 Å². The summed E-state index contributed by atoms with van der Waals surface area (Å²) in [5, 5.41) is 0. The number of alkyl halides is 3. The van der Waals surface area contributed by atoms with Crippen LogP contribution in [-0.2, 0) is 6.54 Å². The number of H-pyrrole nitrogens is 1. The van der Waals surface area contributed by atoms with Crippen molar-refractivity contribution in [3.63, 3.8) is 0 Å². The molecule has 0 radical (unpaired) electrons. The van der Waals surface area contributed by atoms with E-state index in [0.717, 1.165) is 11.3 Å². The van der Waals surface area contributed by atoms with E-state index in [4.69, 9.17) is 0 Å². The molecular weight excluding hydrogens is 255 g/mol. The van der Waals surface area contributed by atoms with Gasteiger partial charge in [0.1, 0.15) is 5.82 Å². The maximum Gasteiger partial charge on any atom is 0.401 e. The summed E-state index contributed by atoms with van der Waals surface area (Å²) in [6.45, 7) is -0.819. The third kappa shape index (κ3) is 4.10. The molecule has 2 aromatic rings. The highest BCUT2D eigenvalue weighted by molar-refractivity contribution is 5.57. The second-order valence-corrected chi connectivity index (χ2v) is 4.40. The van der Waals surface area contributed by atoms with Crippen molar-refractivity contribution in [3.8, 4) is 11.3 Å². The minimum Gasteiger partial charge on any atom is -0.341 e. The van der Waals surface area contributed by atoms with Crippen LogP contribution in [0.5, 0.6) is 0 Å². The Balaban J connectivity index is 2.02. The molecule has 1 aromatic carbocycles. The molecule has 2 rings (SSSR count). The number of nitrogens with zero attached hydrogens (tertiary/aromatic N) is 2. The van der Waals surface area contributed by atoms with E-state index in [1.807, 2.05) is 30.3 Å². The van der Waals surface area contributed by atoms with Crippen molar-refractivity contribution in [1.82, 2.24) is 14.9 Å². The van der Waals surface area contributed by atoms with Crippen LogP contribution in [0.4, 0.5) is 13.2 Å². The summed E-state index contributed by atoms with van der Waals surface area (Å²) in [4.78, 5) is 8.30. The predicted molar refractivity (Wildman–Crippen MR) is 66.4 cm³/mol. The first-order valence-corrected chi connectivity index (χ1v) is 5.78. The molecule has 0 atom stereocenters. The average molecular weight is 269 g/mol. The van der Waals surface area contributed by atoms with E-state index in [1.54, 1.807) is 6.20 Å². The van der Waals surface area contributed by atoms with E-state index in [9.17, 15) is 13.2 Å². The number of hydrogen-bond acceptors (Lipinski definition) is 2. The maximum absolute atomic E-state index is 12.2. The molecule has 0 spiro atoms. The van der Waals surface area contributed by atoms with Crippen molar-refractivity contribution in [2.75, 3.05) is 13.6 Å². The van der Waals surface area contributed by atoms with Gasteiger partial charge >= 0.3 is 6.18 Å². The summed E-state index contributed by atoms with van der Waals surface area (Å²) in [6, 6.07) is 9.52. The van der Waals surface area contributed by atoms with Gasteiger partial charge in [-0.1, -0.05) is 30.3 Å². The fourth-order valence-corrected chi connectivity index (χ4v) is 1.82. The van der Waals surface area contributed by atoms with Crippen LogP contribution in [-0.4, -0.2) is 34.6 Å². The molecule has 19 heavy (non-hydrogen) atoms. The van der Waals surface area contributed by atoms with Crippen LogP contribution in [0.25, 0.3) is 11.3 Å². The first kappa shape index (κ1) is 13.6. The van der Waals surface area contributed by atoms with Crippen LogP contribution < -0.4 is 0 Å². The minimum absolute atomic E-state index is 0.131. The van der Waals surface area contributed by atoms with E-state index in [0.29, 0.717) is 5.82 Å². The molecule has 0 unspecified atom stereocenters. The van der Waals surface area contributed by atoms with Crippen LogP contribution in [0.15, 0.2) is 36.5 Å². The highest BCUT2D eigenvalue weighted by Gasteiger charge is 2.29. The molecule has 0 fully saturated rings. The van der Waals surface area contributed by atoms with Gasteiger partial charge in [-0.25, -0.2) is 4.98 Å². The summed E-state index contributed by atoms with van der Waals surface area (Å²) >= 11 is 0. The molecule has 0 saturated heterocycles. The fraction of sp³-hybridized carbons (Fsp3) is 0.308. The van der Waals surface area contributed by atoms with E-state index in [1.165, 1.54) is 11.9 Å². The number of nitrogens with one attached hydrogen (secondary N) is 1. The number of hydrogen-bond donors (Lipinski definition) is 1. The van der Waals surface area contributed by atoms with Crippen LogP contribution in [0, 0.1) is 0 Å². The standard InChI is InChI=1S/C13H14F3N3/c1-19(9-13(14,15)16)8-12-17-7-11(18-12)10-5-3-2-4-6-10/h2-7H,8-9H2,1H3,(H,17,18). The van der Waals surface area contributed by atoms with Gasteiger partial charge in [-0.3, -0.25) is 4.90 Å². The van der Waals surface area contributed by atoms with Crippen molar-refractivity contribution in [2.24, 2.45) is 0 Å². The Bertz CT molecular complexity index is 519. The molecule has 102 valence electrons. The van der Waals surface area contributed by atoms with Crippen molar-refractivity contribution < 1.29 is 13.2 Å². The average Bonchev–Trinajstić information content (AvgIpc) is 2.76. The Kier molecular flexibility index (Phi) is 3.90. The Hall–Kier alpha value is -1.82. The lowest BCUT2D eigenvalue weighted by Crippen LogP contribution is -2.30. The topological polar surface area (TPSA) is 31.9 Å². The first-order valence-electron chi connectivity index (χ1n) is 5.78. The van der Waals surface area contributed by atoms with Crippen molar-refractivity contribution >= 4 is 0 Å². The van der Waals surface area contributed by atoms with Crippen LogP contribution in [0.3, 0.4) is 0 Å². The maximum atomic E-state index is 12.2. The van der Waals surface area contributed by atoms with Crippen LogP contribution in [0.1, 0.15) is 5.82 Å². The zero-order chi connectivity index (χ0) is 13.9. The van der Waals surface area contributed by atoms with Crippen LogP contribution >= 0.6 is 0 Å². The molecule has 0 aliphatic rings. The van der Waals surface area contributed by atoms with Gasteiger partial charge in [0.15, 0.2) is 0 Å². The monoisotopic (exact) mass is 269 g/mol. The number of rotatable bonds is 4. The van der Waals surface area contributed by atoms with Gasteiger partial charge in [0, 0.05) is 0 Å². The number of aromatic nitrogens is 2. The largest absolute Gasteiger partial charge is 0.401 e. The quantitative estimate of drug-likeness (QED) is 0.925. The molecule has 0 aliphatic carbocycles. The minimum atomic E-state index is -4.19. The summed E-state index contributed by atoms with van der Waals surface area (Å²) in [6.07, 6.45) is -2.56. The Morgan fingerprint density at radius 3 is 2.53 bits per heavy atom. The van der Waals surface area contributed by atoms with Crippen molar-refractivity contribution in [3.05, 3.63) is 42.4 Å². The van der Waals surface area contributed by atoms with Gasteiger partial charge in [-0.05, 0) is 12.6 Å². The lowest BCUT2D eigenvalue weighted by atomic mass is 10.2. The van der Waals surface area contributed by atoms with Gasteiger partial charge in [0.05, 0.1) is 25.0 Å². The van der Waals surface area contributed by atoms with E-state index in [2.05, 4.69) is 9.97 Å². The SMILES string of the molecule is CN(Cc1ncc(-c2ccccc2)[nH]1)CC(F)(F)F. The van der Waals surface area contributed by atoms with Crippen LogP contribution in [0.2, 0.25) is 0 Å². The smallest absolute Gasteiger partial charge is 0.341 e. The summed E-state index contributed by atoms with van der Waals surface area (Å²) in [5.74, 6) is 0.519. The van der Waals surface area contributed by atoms with Crippen molar-refractivity contribution in [1.29, 1.82) is 0 Å². The molecule has 1 aromatic heterocycles. The Morgan fingerprint density at radius 1 is 1.21 bits per heavy atom. The van der Waals surface area contributed by atoms with Gasteiger partial charge < -0.3 is 4.98 Å². The molecule has 3 nitrogen and oxygen atoms in total. The van der Waals surface area contributed by atoms with Gasteiger partial charge in [0.2, 0.25) is 0 Å². The zero-order valence-electron chi connectivity index (χ0n) is 10.4. The number of imidazole rings is 1. The number of benzene rings is 1. The molecule has 1 N–H and O–H groups in total. The van der Waals surface area contributed by atoms with E-state index in [-0.39, 0.29) is 6.54 Å². The van der Waals surface area contributed by atoms with Gasteiger partial charge in [0.25, 0.3) is 0 Å². The van der Waals surface area contributed by atoms with E-state index >= 15 is 0 Å². The lowest BCUT2D eigenvalue weighted by molar-refractivity contribution is -0.144. The molecule has 0 saturated carbocycles. The van der Waals surface area contributed by atoms with E-state index < -0.39 is 12.7 Å². The molecule has 0 aliphatic heterocycles. The zero-order valence-corrected chi connectivity index (χ0v) is 10.4. The Labute approximate surface area is 109 Å². The lowest BCUT2D eigenvalue weighted by Gasteiger charge is -2.16. The third-order valence-corrected chi connectivity index (χ3v) is 2.58. The molecular formula is C13H14F3N3. The fourth-order valence-electron chi connectivity index (χ4n) is 1.82. The second kappa shape index (κ2) is 5.44. The summed E-state index contributed by atoms with van der Waals surface area (Å²) in [5.41, 5.74) is 1.76. The molecule has 1 heterocycles. The first-order chi connectivity index (χ1) is 8.94. The number of halogens is 3. The molecule has 0 bridgehead atoms. The summed E-state index contributed by atoms with van der Waals surface area (Å²) in [7, 11) is 1.41. The third-order valence-electron chi connectivity index (χ3n) is 2.58. The summed E-state index contributed by atoms with van der Waals surface area (Å²) < 4.78 is 36.6. The Morgan fingerprint density at radius 2 is 1.89 bits per heavy atom. The van der Waals surface area contributed by atoms with Gasteiger partial charge in [-0.15, -0.1) is 0 Å². The second-order valence-electron chi connectivity index (χ2n) is 4.40. The molecule has 6 heteroatoms. The van der Waals surface area contributed by atoms with Crippen molar-refractivity contribution in [2.45, 2.75) is 12.7 Å². The predicted octanol–water partition coefficient (Wildman–Crippen LogP) is 3.07.